The van der Waals surface area contributed by atoms with E-state index in [-0.39, 0.29) is 0 Å². The Bertz CT molecular complexity index is 292. The molecule has 2 nitrogen and oxygen atoms in total. The van der Waals surface area contributed by atoms with Crippen LogP contribution in [0.15, 0.2) is 18.2 Å². The SMILES string of the molecule is CCOc1cc([CH]O)cc(C(C)C)c1. The van der Waals surface area contributed by atoms with Crippen LogP contribution in [0.5, 0.6) is 5.75 Å². The Balaban J connectivity index is 3.00. The molecule has 0 aliphatic rings. The van der Waals surface area contributed by atoms with Gasteiger partial charge in [-0.05, 0) is 36.1 Å². The average Bonchev–Trinajstić information content (AvgIpc) is 2.17. The van der Waals surface area contributed by atoms with Crippen molar-refractivity contribution in [3.63, 3.8) is 0 Å². The third kappa shape index (κ3) is 2.74. The van der Waals surface area contributed by atoms with Crippen molar-refractivity contribution < 1.29 is 9.84 Å². The first-order valence-corrected chi connectivity index (χ1v) is 4.92. The number of hydrogen-bond donors (Lipinski definition) is 1. The zero-order valence-corrected chi connectivity index (χ0v) is 8.95. The molecule has 0 atom stereocenters. The van der Waals surface area contributed by atoms with Gasteiger partial charge in [-0.15, -0.1) is 0 Å². The van der Waals surface area contributed by atoms with Crippen LogP contribution in [-0.2, 0) is 0 Å². The minimum Gasteiger partial charge on any atom is -0.494 e. The molecule has 0 aliphatic carbocycles. The molecule has 2 heteroatoms. The van der Waals surface area contributed by atoms with Crippen molar-refractivity contribution in [1.82, 2.24) is 0 Å². The molecule has 0 aliphatic heterocycles. The van der Waals surface area contributed by atoms with Gasteiger partial charge in [-0.3, -0.25) is 0 Å². The molecule has 0 saturated carbocycles. The van der Waals surface area contributed by atoms with Gasteiger partial charge in [0.05, 0.1) is 6.61 Å². The largest absolute Gasteiger partial charge is 0.494 e. The van der Waals surface area contributed by atoms with E-state index in [1.54, 1.807) is 0 Å². The maximum absolute atomic E-state index is 8.96. The molecule has 1 rings (SSSR count). The highest BCUT2D eigenvalue weighted by atomic mass is 16.5. The van der Waals surface area contributed by atoms with Crippen LogP contribution in [0.4, 0.5) is 0 Å². The van der Waals surface area contributed by atoms with Gasteiger partial charge in [0, 0.05) is 0 Å². The second kappa shape index (κ2) is 5.01. The number of rotatable bonds is 4. The van der Waals surface area contributed by atoms with Gasteiger partial charge in [0.2, 0.25) is 0 Å². The fourth-order valence-corrected chi connectivity index (χ4v) is 1.30. The van der Waals surface area contributed by atoms with Crippen molar-refractivity contribution in [3.05, 3.63) is 35.9 Å². The Hall–Kier alpha value is -1.02. The van der Waals surface area contributed by atoms with E-state index in [4.69, 9.17) is 9.84 Å². The van der Waals surface area contributed by atoms with Gasteiger partial charge in [-0.1, -0.05) is 19.9 Å². The first kappa shape index (κ1) is 11.1. The van der Waals surface area contributed by atoms with Crippen LogP contribution in [0.2, 0.25) is 0 Å². The lowest BCUT2D eigenvalue weighted by Crippen LogP contribution is -1.96. The lowest BCUT2D eigenvalue weighted by atomic mass is 10.0. The minimum atomic E-state index is 0.439. The predicted molar refractivity (Wildman–Crippen MR) is 57.0 cm³/mol. The molecule has 0 aromatic heterocycles. The number of hydrogen-bond acceptors (Lipinski definition) is 2. The van der Waals surface area contributed by atoms with E-state index in [9.17, 15) is 0 Å². The first-order chi connectivity index (χ1) is 6.67. The number of benzene rings is 1. The van der Waals surface area contributed by atoms with Gasteiger partial charge in [-0.25, -0.2) is 0 Å². The molecule has 0 bridgehead atoms. The lowest BCUT2D eigenvalue weighted by molar-refractivity contribution is 0.338. The van der Waals surface area contributed by atoms with Gasteiger partial charge in [-0.2, -0.15) is 0 Å². The zero-order valence-electron chi connectivity index (χ0n) is 8.95. The fourth-order valence-electron chi connectivity index (χ4n) is 1.30. The summed E-state index contributed by atoms with van der Waals surface area (Å²) >= 11 is 0. The maximum Gasteiger partial charge on any atom is 0.119 e. The monoisotopic (exact) mass is 193 g/mol. The highest BCUT2D eigenvalue weighted by Gasteiger charge is 2.04. The smallest absolute Gasteiger partial charge is 0.119 e. The number of aliphatic hydroxyl groups is 1. The molecule has 0 saturated heterocycles. The van der Waals surface area contributed by atoms with E-state index in [2.05, 4.69) is 13.8 Å². The number of ether oxygens (including phenoxy) is 1. The maximum atomic E-state index is 8.96. The fraction of sp³-hybridized carbons (Fsp3) is 0.417. The van der Waals surface area contributed by atoms with Crippen LogP contribution in [0, 0.1) is 6.61 Å². The summed E-state index contributed by atoms with van der Waals surface area (Å²) in [6.07, 6.45) is 0. The van der Waals surface area contributed by atoms with E-state index >= 15 is 0 Å². The van der Waals surface area contributed by atoms with E-state index < -0.39 is 0 Å². The minimum absolute atomic E-state index is 0.439. The van der Waals surface area contributed by atoms with Crippen LogP contribution in [-0.4, -0.2) is 11.7 Å². The molecule has 0 amide bonds. The highest BCUT2D eigenvalue weighted by Crippen LogP contribution is 2.23. The Morgan fingerprint density at radius 2 is 2.07 bits per heavy atom. The van der Waals surface area contributed by atoms with E-state index in [1.807, 2.05) is 25.1 Å². The van der Waals surface area contributed by atoms with Crippen LogP contribution in [0.25, 0.3) is 0 Å². The second-order valence-corrected chi connectivity index (χ2v) is 3.55. The molecule has 0 unspecified atom stereocenters. The van der Waals surface area contributed by atoms with Crippen molar-refractivity contribution in [2.75, 3.05) is 6.61 Å². The van der Waals surface area contributed by atoms with Gasteiger partial charge < -0.3 is 9.84 Å². The van der Waals surface area contributed by atoms with Crippen LogP contribution >= 0.6 is 0 Å². The van der Waals surface area contributed by atoms with Crippen molar-refractivity contribution >= 4 is 0 Å². The zero-order chi connectivity index (χ0) is 10.6. The molecular formula is C12H17O2. The predicted octanol–water partition coefficient (Wildman–Crippen LogP) is 3.09. The summed E-state index contributed by atoms with van der Waals surface area (Å²) in [5.41, 5.74) is 1.97. The summed E-state index contributed by atoms with van der Waals surface area (Å²) in [5, 5.41) is 8.96. The summed E-state index contributed by atoms with van der Waals surface area (Å²) in [7, 11) is 0. The molecule has 1 aromatic carbocycles. The van der Waals surface area contributed by atoms with Crippen molar-refractivity contribution in [2.24, 2.45) is 0 Å². The standard InChI is InChI=1S/C12H17O2/c1-4-14-12-6-10(8-13)5-11(7-12)9(2)3/h5-9,13H,4H2,1-3H3. The Morgan fingerprint density at radius 3 is 2.57 bits per heavy atom. The molecule has 1 radical (unpaired) electrons. The normalized spacial score (nSPS) is 10.6. The second-order valence-electron chi connectivity index (χ2n) is 3.55. The van der Waals surface area contributed by atoms with Crippen LogP contribution in [0.1, 0.15) is 37.8 Å². The summed E-state index contributed by atoms with van der Waals surface area (Å²) in [5.74, 6) is 1.26. The van der Waals surface area contributed by atoms with E-state index in [0.29, 0.717) is 12.5 Å². The molecule has 0 spiro atoms. The van der Waals surface area contributed by atoms with Gasteiger partial charge >= 0.3 is 0 Å². The topological polar surface area (TPSA) is 29.5 Å². The summed E-state index contributed by atoms with van der Waals surface area (Å²) in [4.78, 5) is 0. The van der Waals surface area contributed by atoms with E-state index in [1.165, 1.54) is 5.56 Å². The quantitative estimate of drug-likeness (QED) is 0.796. The Morgan fingerprint density at radius 1 is 1.36 bits per heavy atom. The number of aliphatic hydroxyl groups excluding tert-OH is 1. The van der Waals surface area contributed by atoms with Gasteiger partial charge in [0.1, 0.15) is 12.4 Å². The van der Waals surface area contributed by atoms with Crippen LogP contribution in [0.3, 0.4) is 0 Å². The molecule has 1 N–H and O–H groups in total. The summed E-state index contributed by atoms with van der Waals surface area (Å²) < 4.78 is 5.41. The lowest BCUT2D eigenvalue weighted by Gasteiger charge is -2.11. The first-order valence-electron chi connectivity index (χ1n) is 4.92. The van der Waals surface area contributed by atoms with Crippen molar-refractivity contribution in [2.45, 2.75) is 26.7 Å². The Labute approximate surface area is 85.5 Å². The highest BCUT2D eigenvalue weighted by molar-refractivity contribution is 5.38. The third-order valence-corrected chi connectivity index (χ3v) is 2.08. The Kier molecular flexibility index (Phi) is 3.96. The summed E-state index contributed by atoms with van der Waals surface area (Å²) in [6, 6.07) is 5.81. The molecule has 0 fully saturated rings. The van der Waals surface area contributed by atoms with Gasteiger partial charge in [0.15, 0.2) is 0 Å². The summed E-state index contributed by atoms with van der Waals surface area (Å²) in [6.45, 7) is 7.93. The third-order valence-electron chi connectivity index (χ3n) is 2.08. The van der Waals surface area contributed by atoms with Gasteiger partial charge in [0.25, 0.3) is 0 Å². The molecule has 1 aromatic rings. The van der Waals surface area contributed by atoms with Crippen LogP contribution < -0.4 is 4.74 Å². The van der Waals surface area contributed by atoms with Crippen molar-refractivity contribution in [3.8, 4) is 5.75 Å². The molecule has 14 heavy (non-hydrogen) atoms. The van der Waals surface area contributed by atoms with E-state index in [0.717, 1.165) is 17.9 Å². The molecular weight excluding hydrogens is 176 g/mol. The molecule has 77 valence electrons. The molecule has 0 heterocycles. The van der Waals surface area contributed by atoms with Crippen molar-refractivity contribution in [1.29, 1.82) is 0 Å². The average molecular weight is 193 g/mol.